The quantitative estimate of drug-likeness (QED) is 0.0233. The number of H-pyrrole nitrogens is 1. The van der Waals surface area contributed by atoms with E-state index >= 15 is 0 Å². The third kappa shape index (κ3) is 39.5. The Morgan fingerprint density at radius 3 is 1.22 bits per heavy atom. The molecule has 53 nitrogen and oxygen atoms in total. The Bertz CT molecular complexity index is 4400. The van der Waals surface area contributed by atoms with Crippen molar-refractivity contribution in [3.8, 4) is 0 Å². The number of aliphatic hydroxyl groups is 15. The molecule has 0 spiro atoms. The topological polar surface area (TPSA) is 927 Å². The number of carbonyl (C=O) groups is 17. The summed E-state index contributed by atoms with van der Waals surface area (Å²) in [7, 11) is 0. The molecule has 0 aliphatic rings. The number of nitrogen functional groups attached to an aromatic ring is 1. The van der Waals surface area contributed by atoms with E-state index in [0.29, 0.717) is 5.69 Å². The first-order valence-electron chi connectivity index (χ1n) is 40.3. The van der Waals surface area contributed by atoms with Gasteiger partial charge in [0.15, 0.2) is 28.5 Å². The SMILES string of the molecule is Nc1nc2ncc(CNc3ccc(C(=O)N[C@H](CCC(=O)C[C@@H](CCC(=O)NC[C@H](O)[C@@H](O)[C@H](O)[C@H](O)CO)C(=O)N[C@@H](CCC(=O)O)C(=O)C[C@@H](CCC(=O)NC[C@H](O)[C@@H](O)[C@H](O)[C@H](O)CO)C(=O)N[C@@H](CCC(=O)O)C(=O)C[C@@H](CCC(=O)NC[C@H](O)[C@@H](O)[C@H](O)[C@H](O)CO)C(=O)NC[C@H](N)C(=O)N[C@@H](CC(=O)O)C(=O)C[C@@H](CS)C(=O)O)C(=O)O)cc3)nc2c(=O)[nH]1. The molecule has 0 unspecified atom stereocenters. The third-order valence-corrected chi connectivity index (χ3v) is 20.6. The Labute approximate surface area is 742 Å². The number of hydrogen-bond acceptors (Lipinski definition) is 40. The number of nitrogens with one attached hydrogen (secondary N) is 10. The smallest absolute Gasteiger partial charge is 0.326 e. The molecular formula is C76H113N15O38S. The molecule has 0 fully saturated rings. The van der Waals surface area contributed by atoms with Crippen LogP contribution in [0.4, 0.5) is 11.6 Å². The highest BCUT2D eigenvalue weighted by molar-refractivity contribution is 7.80. The van der Waals surface area contributed by atoms with Gasteiger partial charge >= 0.3 is 29.8 Å². The molecule has 130 heavy (non-hydrogen) atoms. The molecule has 0 saturated carbocycles. The van der Waals surface area contributed by atoms with Crippen molar-refractivity contribution < 1.29 is 184 Å². The van der Waals surface area contributed by atoms with Crippen molar-refractivity contribution in [1.29, 1.82) is 0 Å². The molecule has 0 aliphatic heterocycles. The molecule has 3 rings (SSSR count). The fourth-order valence-electron chi connectivity index (χ4n) is 12.3. The zero-order chi connectivity index (χ0) is 98.1. The maximum atomic E-state index is 14.9. The van der Waals surface area contributed by atoms with E-state index in [1.165, 1.54) is 30.5 Å². The zero-order valence-electron chi connectivity index (χ0n) is 69.6. The molecular weight excluding hydrogens is 1760 g/mol. The predicted molar refractivity (Wildman–Crippen MR) is 441 cm³/mol. The minimum Gasteiger partial charge on any atom is -0.481 e. The van der Waals surface area contributed by atoms with Gasteiger partial charge in [-0.1, -0.05) is 0 Å². The van der Waals surface area contributed by atoms with Gasteiger partial charge in [0.1, 0.15) is 72.8 Å². The Morgan fingerprint density at radius 1 is 0.415 bits per heavy atom. The molecule has 0 radical (unpaired) electrons. The van der Waals surface area contributed by atoms with Gasteiger partial charge in [0.05, 0.1) is 87.0 Å². The number of Topliss-reactive ketones (excluding diaryl/α,β-unsaturated/α-hetero) is 4. The number of carboxylic acid groups (broad SMARTS) is 5. The Kier molecular flexibility index (Phi) is 49.3. The summed E-state index contributed by atoms with van der Waals surface area (Å²) >= 11 is 3.87. The number of ketones is 4. The fourth-order valence-corrected chi connectivity index (χ4v) is 12.6. The van der Waals surface area contributed by atoms with Gasteiger partial charge < -0.3 is 161 Å². The van der Waals surface area contributed by atoms with Crippen LogP contribution in [0, 0.1) is 23.7 Å². The third-order valence-electron chi connectivity index (χ3n) is 20.2. The summed E-state index contributed by atoms with van der Waals surface area (Å²) in [6.45, 7) is -7.03. The molecule has 34 N–H and O–H groups in total. The van der Waals surface area contributed by atoms with Crippen LogP contribution in [0.2, 0.25) is 0 Å². The monoisotopic (exact) mass is 1880 g/mol. The Hall–Kier alpha value is -11.5. The number of amides is 8. The number of thiol groups is 1. The second-order valence-corrected chi connectivity index (χ2v) is 30.7. The summed E-state index contributed by atoms with van der Waals surface area (Å²) in [5.74, 6) is -30.4. The van der Waals surface area contributed by atoms with E-state index in [1.54, 1.807) is 0 Å². The number of aliphatic carboxylic acids is 5. The number of carbonyl (C=O) groups excluding carboxylic acids is 12. The lowest BCUT2D eigenvalue weighted by atomic mass is 9.89. The first-order chi connectivity index (χ1) is 61.1. The minimum absolute atomic E-state index is 0.00512. The van der Waals surface area contributed by atoms with Crippen molar-refractivity contribution in [2.75, 3.05) is 62.8 Å². The number of anilines is 2. The van der Waals surface area contributed by atoms with Crippen molar-refractivity contribution in [3.05, 3.63) is 52.1 Å². The van der Waals surface area contributed by atoms with Gasteiger partial charge in [-0.2, -0.15) is 17.6 Å². The van der Waals surface area contributed by atoms with Gasteiger partial charge in [0, 0.05) is 125 Å². The molecule has 8 amide bonds. The summed E-state index contributed by atoms with van der Waals surface area (Å²) < 4.78 is 0. The lowest BCUT2D eigenvalue weighted by Gasteiger charge is -2.26. The molecule has 1 aromatic carbocycles. The number of nitrogens with zero attached hydrogens (tertiary/aromatic N) is 3. The minimum atomic E-state index is -2.26. The number of fused-ring (bicyclic) bond motifs is 1. The number of aromatic nitrogens is 4. The molecule has 0 aliphatic carbocycles. The van der Waals surface area contributed by atoms with Crippen LogP contribution in [0.5, 0.6) is 0 Å². The van der Waals surface area contributed by atoms with Crippen molar-refractivity contribution in [1.82, 2.24) is 62.5 Å². The highest BCUT2D eigenvalue weighted by Crippen LogP contribution is 2.24. The number of aromatic amines is 1. The van der Waals surface area contributed by atoms with E-state index in [-0.39, 0.29) is 34.9 Å². The van der Waals surface area contributed by atoms with E-state index in [1.807, 2.05) is 5.32 Å². The van der Waals surface area contributed by atoms with E-state index < -0.39 is 394 Å². The van der Waals surface area contributed by atoms with Crippen molar-refractivity contribution in [3.63, 3.8) is 0 Å². The first kappa shape index (κ1) is 113. The van der Waals surface area contributed by atoms with E-state index in [4.69, 9.17) is 11.5 Å². The molecule has 2 aromatic heterocycles. The average Bonchev–Trinajstić information content (AvgIpc) is 0.816. The van der Waals surface area contributed by atoms with E-state index in [0.717, 1.165) is 0 Å². The summed E-state index contributed by atoms with van der Waals surface area (Å²) in [6.07, 6.45) is -39.8. The lowest BCUT2D eigenvalue weighted by Crippen LogP contribution is -2.53. The molecule has 726 valence electrons. The fraction of sp³-hybridized carbons (Fsp3) is 0.618. The van der Waals surface area contributed by atoms with Crippen LogP contribution in [0.1, 0.15) is 125 Å². The number of hydrogen-bond donors (Lipinski definition) is 33. The maximum Gasteiger partial charge on any atom is 0.326 e. The van der Waals surface area contributed by atoms with Crippen LogP contribution < -0.4 is 64.9 Å². The normalized spacial score (nSPS) is 16.3. The second-order valence-electron chi connectivity index (χ2n) is 30.3. The lowest BCUT2D eigenvalue weighted by molar-refractivity contribution is -0.144. The van der Waals surface area contributed by atoms with E-state index in [9.17, 15) is 188 Å². The highest BCUT2D eigenvalue weighted by Gasteiger charge is 2.39. The van der Waals surface area contributed by atoms with Gasteiger partial charge in [-0.15, -0.1) is 0 Å². The molecule has 21 atom stereocenters. The summed E-state index contributed by atoms with van der Waals surface area (Å²) in [5.41, 5.74) is 11.4. The largest absolute Gasteiger partial charge is 0.481 e. The number of rotatable bonds is 66. The average molecular weight is 1880 g/mol. The Balaban J connectivity index is 2.12. The van der Waals surface area contributed by atoms with Crippen molar-refractivity contribution >= 4 is 136 Å². The van der Waals surface area contributed by atoms with Gasteiger partial charge in [-0.25, -0.2) is 14.8 Å². The summed E-state index contributed by atoms with van der Waals surface area (Å²) in [4.78, 5) is 255. The number of nitrogens with two attached hydrogens (primary N) is 2. The highest BCUT2D eigenvalue weighted by atomic mass is 32.1. The Morgan fingerprint density at radius 2 is 0.815 bits per heavy atom. The standard InChI is InChI=1S/C76H113N15O38S/c77-40(72(124)89-44(21-59(112)113)47(98)20-36(31-130)74(126)127)24-84-68(120)34(4-13-55(106)81-26-49(100)62(115)65(118)52(103)29-93)18-45(96)41(10-15-57(108)109)87-71(123)35(5-14-56(107)82-27-50(101)63(116)66(119)53(104)30-94)19-46(97)42(11-16-58(110)111)86-70(122)33(3-12-54(105)80-25-48(99)61(114)64(117)51(102)28-92)17-39(95)8-9-43(75(128)129)88-69(121)32-1-6-37(7-2-32)79-22-38-23-83-67-60(85-38)73(125)91-76(78)90-67/h1-2,6-7,23,33-36,40-44,48-53,61-66,79,92-94,99-104,114-119,130H,3-5,8-22,24-31,77H2,(H,80,105)(H,81,106)(H,82,107)(H,84,120)(H,86,122)(H,87,123)(H,88,121)(H,89,124)(H,108,109)(H,110,111)(H,112,113)(H,126,127)(H,128,129)(H3,78,83,90,91,125)/t33-,34-,35-,36+,40+,41+,42+,43-,44+,48+,49+,50+,51-,52-,53-,61-,62-,63-,64-,65-,66-/m1/s1. The maximum absolute atomic E-state index is 14.9. The van der Waals surface area contributed by atoms with Crippen LogP contribution in [-0.2, 0) is 83.3 Å². The van der Waals surface area contributed by atoms with Gasteiger partial charge in [-0.3, -0.25) is 86.5 Å². The van der Waals surface area contributed by atoms with Crippen LogP contribution in [0.3, 0.4) is 0 Å². The summed E-state index contributed by atoms with van der Waals surface area (Å²) in [5, 5.41) is 220. The van der Waals surface area contributed by atoms with Crippen molar-refractivity contribution in [2.24, 2.45) is 29.4 Å². The van der Waals surface area contributed by atoms with E-state index in [2.05, 4.69) is 75.1 Å². The molecule has 2 heterocycles. The number of aliphatic hydroxyl groups excluding tert-OH is 15. The predicted octanol–water partition coefficient (Wildman–Crippen LogP) is -12.7. The van der Waals surface area contributed by atoms with Crippen LogP contribution in [0.15, 0.2) is 35.3 Å². The van der Waals surface area contributed by atoms with Crippen LogP contribution in [-0.4, -0.2) is 378 Å². The van der Waals surface area contributed by atoms with Gasteiger partial charge in [-0.05, 0) is 62.8 Å². The van der Waals surface area contributed by atoms with Gasteiger partial charge in [0.25, 0.3) is 11.5 Å². The number of benzene rings is 1. The summed E-state index contributed by atoms with van der Waals surface area (Å²) in [6, 6.07) is -4.51. The van der Waals surface area contributed by atoms with Gasteiger partial charge in [0.2, 0.25) is 47.3 Å². The van der Waals surface area contributed by atoms with Crippen molar-refractivity contribution in [2.45, 2.75) is 219 Å². The van der Waals surface area contributed by atoms with Crippen LogP contribution in [0.25, 0.3) is 11.2 Å². The molecule has 54 heteroatoms. The second kappa shape index (κ2) is 56.9. The number of carboxylic acids is 5. The molecule has 0 saturated heterocycles. The molecule has 0 bridgehead atoms. The molecule has 3 aromatic rings. The first-order valence-corrected chi connectivity index (χ1v) is 40.9. The van der Waals surface area contributed by atoms with Crippen LogP contribution >= 0.6 is 12.6 Å². The zero-order valence-corrected chi connectivity index (χ0v) is 70.5.